The van der Waals surface area contributed by atoms with Gasteiger partial charge in [-0.25, -0.2) is 9.78 Å². The number of aryl methyl sites for hydroxylation is 1. The molecule has 0 saturated carbocycles. The summed E-state index contributed by atoms with van der Waals surface area (Å²) in [4.78, 5) is 30.0. The number of aliphatic hydroxyl groups excluding tert-OH is 2. The normalized spacial score (nSPS) is 36.8. The third-order valence-corrected chi connectivity index (χ3v) is 9.34. The summed E-state index contributed by atoms with van der Waals surface area (Å²) in [5.41, 5.74) is 0.779. The molecule has 254 valence electrons. The SMILES string of the molecule is CO[C@@H](/C(C)=C/C=C/C(C)=C/c1coc(C)n1)[C@@H](C)C1C[C@H](O)[C@](C)(O)/C=C/C(O)[C@@H](C)[C@H]2C[C@H](CC(=O)O2)C[C@@H]2O[C@H]2C(=O)O1. The van der Waals surface area contributed by atoms with E-state index in [0.29, 0.717) is 18.7 Å². The second kappa shape index (κ2) is 15.2. The van der Waals surface area contributed by atoms with Crippen molar-refractivity contribution in [3.63, 3.8) is 0 Å². The highest BCUT2D eigenvalue weighted by Gasteiger charge is 2.50. The van der Waals surface area contributed by atoms with Gasteiger partial charge in [0.2, 0.25) is 0 Å². The Hall–Kier alpha value is -3.09. The van der Waals surface area contributed by atoms with Gasteiger partial charge in [0, 0.05) is 38.7 Å². The van der Waals surface area contributed by atoms with E-state index in [-0.39, 0.29) is 24.7 Å². The number of aromatic nitrogens is 1. The molecule has 46 heavy (non-hydrogen) atoms. The van der Waals surface area contributed by atoms with Crippen LogP contribution in [0.4, 0.5) is 0 Å². The molecule has 4 rings (SSSR count). The lowest BCUT2D eigenvalue weighted by molar-refractivity contribution is -0.162. The first-order valence-corrected chi connectivity index (χ1v) is 16.0. The van der Waals surface area contributed by atoms with Gasteiger partial charge in [-0.3, -0.25) is 4.79 Å². The van der Waals surface area contributed by atoms with Gasteiger partial charge < -0.3 is 38.7 Å². The number of carbonyl (C=O) groups is 2. The van der Waals surface area contributed by atoms with Gasteiger partial charge in [-0.2, -0.15) is 0 Å². The van der Waals surface area contributed by atoms with Crippen molar-refractivity contribution in [2.75, 3.05) is 7.11 Å². The van der Waals surface area contributed by atoms with Crippen LogP contribution in [0.2, 0.25) is 0 Å². The molecule has 11 atom stereocenters. The summed E-state index contributed by atoms with van der Waals surface area (Å²) >= 11 is 0. The maximum absolute atomic E-state index is 13.3. The van der Waals surface area contributed by atoms with Crippen LogP contribution in [0.3, 0.4) is 0 Å². The van der Waals surface area contributed by atoms with Gasteiger partial charge >= 0.3 is 11.9 Å². The van der Waals surface area contributed by atoms with Crippen molar-refractivity contribution in [2.45, 2.75) is 116 Å². The maximum atomic E-state index is 13.3. The molecule has 0 aliphatic carbocycles. The lowest BCUT2D eigenvalue weighted by atomic mass is 9.83. The monoisotopic (exact) mass is 643 g/mol. The van der Waals surface area contributed by atoms with E-state index in [2.05, 4.69) is 4.98 Å². The van der Waals surface area contributed by atoms with Crippen molar-refractivity contribution in [3.8, 4) is 0 Å². The Labute approximate surface area is 271 Å². The molecule has 11 nitrogen and oxygen atoms in total. The first-order chi connectivity index (χ1) is 21.7. The Kier molecular flexibility index (Phi) is 11.8. The second-order valence-corrected chi connectivity index (χ2v) is 13.3. The van der Waals surface area contributed by atoms with E-state index in [4.69, 9.17) is 23.4 Å². The second-order valence-electron chi connectivity index (χ2n) is 13.3. The molecule has 3 N–H and O–H groups in total. The number of hydrogen-bond acceptors (Lipinski definition) is 11. The van der Waals surface area contributed by atoms with Crippen molar-refractivity contribution in [1.29, 1.82) is 0 Å². The summed E-state index contributed by atoms with van der Waals surface area (Å²) in [7, 11) is 1.57. The molecule has 0 amide bonds. The quantitative estimate of drug-likeness (QED) is 0.170. The molecule has 0 aromatic carbocycles. The fourth-order valence-corrected chi connectivity index (χ4v) is 6.30. The van der Waals surface area contributed by atoms with Crippen molar-refractivity contribution in [3.05, 3.63) is 59.4 Å². The van der Waals surface area contributed by atoms with Gasteiger partial charge in [0.15, 0.2) is 12.0 Å². The minimum atomic E-state index is -1.77. The van der Waals surface area contributed by atoms with E-state index in [0.717, 1.165) is 16.8 Å². The topological polar surface area (TPSA) is 161 Å². The third kappa shape index (κ3) is 9.25. The van der Waals surface area contributed by atoms with Crippen molar-refractivity contribution in [2.24, 2.45) is 17.8 Å². The van der Waals surface area contributed by atoms with E-state index in [9.17, 15) is 24.9 Å². The lowest BCUT2D eigenvalue weighted by Crippen LogP contribution is -2.45. The largest absolute Gasteiger partial charge is 0.462 e. The molecule has 0 spiro atoms. The molecule has 2 unspecified atom stereocenters. The number of esters is 2. The zero-order valence-corrected chi connectivity index (χ0v) is 27.8. The van der Waals surface area contributed by atoms with Gasteiger partial charge in [-0.05, 0) is 56.8 Å². The molecular weight excluding hydrogens is 594 g/mol. The number of methoxy groups -OCH3 is 1. The number of oxazole rings is 1. The van der Waals surface area contributed by atoms with Gasteiger partial charge in [-0.1, -0.05) is 44.2 Å². The number of cyclic esters (lactones) is 1. The third-order valence-electron chi connectivity index (χ3n) is 9.34. The molecule has 3 aliphatic heterocycles. The van der Waals surface area contributed by atoms with Crippen molar-refractivity contribution < 1.29 is 48.3 Å². The zero-order chi connectivity index (χ0) is 33.8. The number of nitrogens with zero attached hydrogens (tertiary/aromatic N) is 1. The van der Waals surface area contributed by atoms with Crippen molar-refractivity contribution >= 4 is 18.0 Å². The zero-order valence-electron chi connectivity index (χ0n) is 27.8. The number of aliphatic hydroxyl groups is 3. The minimum absolute atomic E-state index is 0.0718. The molecule has 1 aromatic rings. The van der Waals surface area contributed by atoms with Crippen LogP contribution in [0.25, 0.3) is 6.08 Å². The molecule has 4 heterocycles. The summed E-state index contributed by atoms with van der Waals surface area (Å²) in [6.07, 6.45) is 7.64. The van der Waals surface area contributed by atoms with E-state index < -0.39 is 66.1 Å². The van der Waals surface area contributed by atoms with E-state index in [1.807, 2.05) is 45.1 Å². The fourth-order valence-electron chi connectivity index (χ4n) is 6.30. The van der Waals surface area contributed by atoms with Gasteiger partial charge in [0.25, 0.3) is 0 Å². The molecule has 2 bridgehead atoms. The van der Waals surface area contributed by atoms with Crippen LogP contribution >= 0.6 is 0 Å². The van der Waals surface area contributed by atoms with E-state index >= 15 is 0 Å². The van der Waals surface area contributed by atoms with Gasteiger partial charge in [-0.15, -0.1) is 0 Å². The van der Waals surface area contributed by atoms with Crippen LogP contribution in [0, 0.1) is 24.7 Å². The van der Waals surface area contributed by atoms with Gasteiger partial charge in [0.1, 0.15) is 29.8 Å². The minimum Gasteiger partial charge on any atom is -0.462 e. The highest BCUT2D eigenvalue weighted by molar-refractivity contribution is 5.78. The molecular formula is C35H49NO10. The van der Waals surface area contributed by atoms with Crippen LogP contribution in [0.1, 0.15) is 71.9 Å². The Morgan fingerprint density at radius 3 is 2.54 bits per heavy atom. The predicted octanol–water partition coefficient (Wildman–Crippen LogP) is 4.00. The standard InChI is InChI=1S/C35H49NO10/c1-19(13-25-18-43-23(5)36-25)9-8-10-20(2)32(42-7)22(4)28-17-30(38)35(6,41)12-11-26(37)21(3)27-14-24(16-31(39)44-27)15-29-33(45-29)34(40)46-28/h8-13,18,21-22,24,26-30,32-33,37-38,41H,14-17H2,1-7H3/b9-8+,12-11+,19-13+,20-10+/t21-,22+,24+,26?,27-,28?,29+,30+,32+,33-,35-/m1/s1. The Morgan fingerprint density at radius 2 is 1.87 bits per heavy atom. The lowest BCUT2D eigenvalue weighted by Gasteiger charge is -2.35. The van der Waals surface area contributed by atoms with E-state index in [1.54, 1.807) is 27.2 Å². The molecule has 3 aliphatic rings. The number of allylic oxidation sites excluding steroid dienone is 4. The maximum Gasteiger partial charge on any atom is 0.338 e. The molecule has 1 aromatic heterocycles. The van der Waals surface area contributed by atoms with Crippen molar-refractivity contribution in [1.82, 2.24) is 4.98 Å². The number of hydrogen-bond donors (Lipinski definition) is 3. The summed E-state index contributed by atoms with van der Waals surface area (Å²) < 4.78 is 28.4. The Bertz CT molecular complexity index is 1340. The van der Waals surface area contributed by atoms with E-state index in [1.165, 1.54) is 19.1 Å². The first kappa shape index (κ1) is 35.8. The highest BCUT2D eigenvalue weighted by atomic mass is 16.6. The molecule has 2 fully saturated rings. The summed E-state index contributed by atoms with van der Waals surface area (Å²) in [5.74, 6) is -1.28. The summed E-state index contributed by atoms with van der Waals surface area (Å²) in [5, 5.41) is 33.3. The highest BCUT2D eigenvalue weighted by Crippen LogP contribution is 2.38. The number of carbonyl (C=O) groups excluding carboxylic acids is 2. The smallest absolute Gasteiger partial charge is 0.338 e. The Balaban J connectivity index is 1.55. The number of epoxide rings is 1. The molecule has 0 radical (unpaired) electrons. The number of fused-ring (bicyclic) bond motifs is 3. The van der Waals surface area contributed by atoms with Crippen LogP contribution in [0.5, 0.6) is 0 Å². The van der Waals surface area contributed by atoms with Crippen LogP contribution in [-0.2, 0) is 28.5 Å². The number of rotatable bonds is 7. The van der Waals surface area contributed by atoms with Crippen LogP contribution in [0.15, 0.2) is 52.2 Å². The first-order valence-electron chi connectivity index (χ1n) is 16.0. The molecule has 2 saturated heterocycles. The average molecular weight is 644 g/mol. The summed E-state index contributed by atoms with van der Waals surface area (Å²) in [6, 6.07) is 0. The average Bonchev–Trinajstić information content (AvgIpc) is 3.64. The predicted molar refractivity (Wildman–Crippen MR) is 169 cm³/mol. The molecule has 11 heteroatoms. The van der Waals surface area contributed by atoms with Crippen LogP contribution in [-0.4, -0.2) is 87.7 Å². The fraction of sp³-hybridized carbons (Fsp3) is 0.629. The summed E-state index contributed by atoms with van der Waals surface area (Å²) in [6.45, 7) is 10.7. The Morgan fingerprint density at radius 1 is 1.15 bits per heavy atom. The van der Waals surface area contributed by atoms with Crippen LogP contribution < -0.4 is 0 Å². The van der Waals surface area contributed by atoms with Gasteiger partial charge in [0.05, 0.1) is 24.4 Å². The number of ether oxygens (including phenoxy) is 4.